The Bertz CT molecular complexity index is 260. The van der Waals surface area contributed by atoms with Crippen LogP contribution in [0.3, 0.4) is 0 Å². The maximum Gasteiger partial charge on any atom is 0.174 e. The summed E-state index contributed by atoms with van der Waals surface area (Å²) < 4.78 is 0.739. The molecule has 0 aliphatic carbocycles. The summed E-state index contributed by atoms with van der Waals surface area (Å²) in [5.74, 6) is 0.0463. The summed E-state index contributed by atoms with van der Waals surface area (Å²) in [6.45, 7) is 0. The Balaban J connectivity index is 0.00000121. The molecule has 66 valence electrons. The van der Waals surface area contributed by atoms with Gasteiger partial charge in [-0.3, -0.25) is 4.79 Å². The molecule has 0 unspecified atom stereocenters. The zero-order chi connectivity index (χ0) is 8.27. The number of alkyl halides is 1. The third-order valence-electron chi connectivity index (χ3n) is 1.17. The Labute approximate surface area is 97.8 Å². The van der Waals surface area contributed by atoms with Gasteiger partial charge < -0.3 is 0 Å². The van der Waals surface area contributed by atoms with Gasteiger partial charge >= 0.3 is 0 Å². The van der Waals surface area contributed by atoms with Crippen LogP contribution < -0.4 is 0 Å². The van der Waals surface area contributed by atoms with E-state index >= 15 is 0 Å². The van der Waals surface area contributed by atoms with E-state index in [1.807, 2.05) is 0 Å². The number of ketones is 1. The fourth-order valence-electron chi connectivity index (χ4n) is 0.618. The van der Waals surface area contributed by atoms with Crippen molar-refractivity contribution in [2.45, 2.75) is 0 Å². The maximum absolute atomic E-state index is 11.0. The van der Waals surface area contributed by atoms with Crippen molar-refractivity contribution < 1.29 is 4.79 Å². The van der Waals surface area contributed by atoms with Crippen LogP contribution in [0.5, 0.6) is 0 Å². The molecule has 0 saturated heterocycles. The van der Waals surface area contributed by atoms with Gasteiger partial charge in [0.15, 0.2) is 5.78 Å². The Kier molecular flexibility index (Phi) is 5.96. The van der Waals surface area contributed by atoms with Crippen LogP contribution in [0.1, 0.15) is 10.4 Å². The number of Topliss-reactive ketones (excluding diaryl/α,β-unsaturated/α-hetero) is 1. The highest BCUT2D eigenvalue weighted by Crippen LogP contribution is 2.07. The number of nitrogens with zero attached hydrogens (tertiary/aromatic N) is 1. The molecule has 0 fully saturated rings. The minimum atomic E-state index is 0. The normalized spacial score (nSPS) is 8.83. The molecule has 1 aromatic heterocycles. The average Bonchev–Trinajstić information content (AvgIpc) is 2.05. The van der Waals surface area contributed by atoms with Crippen LogP contribution >= 0.6 is 48.8 Å². The fourth-order valence-corrected chi connectivity index (χ4v) is 1.18. The highest BCUT2D eigenvalue weighted by atomic mass is 79.9. The molecule has 0 amide bonds. The van der Waals surface area contributed by atoms with Crippen molar-refractivity contribution in [3.8, 4) is 0 Å². The van der Waals surface area contributed by atoms with Crippen molar-refractivity contribution in [2.24, 2.45) is 0 Å². The Morgan fingerprint density at radius 2 is 2.17 bits per heavy atom. The van der Waals surface area contributed by atoms with E-state index in [-0.39, 0.29) is 22.8 Å². The minimum Gasteiger partial charge on any atom is -0.293 e. The molecule has 0 atom stereocenters. The van der Waals surface area contributed by atoms with E-state index < -0.39 is 0 Å². The summed E-state index contributed by atoms with van der Waals surface area (Å²) in [7, 11) is 0. The molecule has 0 bridgehead atoms. The van der Waals surface area contributed by atoms with Crippen LogP contribution in [0.4, 0.5) is 0 Å². The van der Waals surface area contributed by atoms with E-state index in [1.54, 1.807) is 18.3 Å². The fraction of sp³-hybridized carbons (Fsp3) is 0.143. The first kappa shape index (κ1) is 12.3. The van der Waals surface area contributed by atoms with E-state index in [0.29, 0.717) is 10.9 Å². The van der Waals surface area contributed by atoms with Gasteiger partial charge in [-0.1, -0.05) is 15.9 Å². The summed E-state index contributed by atoms with van der Waals surface area (Å²) in [5.41, 5.74) is 0.630. The molecule has 1 rings (SSSR count). The standard InChI is InChI=1S/C7H5Br2NO.BrH/c8-3-6(11)5-1-2-7(9)10-4-5;/h1-2,4H,3H2;1H. The molecule has 1 aromatic rings. The lowest BCUT2D eigenvalue weighted by Crippen LogP contribution is -1.99. The van der Waals surface area contributed by atoms with Gasteiger partial charge in [0.05, 0.1) is 5.33 Å². The number of carbonyl (C=O) groups excluding carboxylic acids is 1. The summed E-state index contributed by atoms with van der Waals surface area (Å²) in [6.07, 6.45) is 1.55. The topological polar surface area (TPSA) is 30.0 Å². The van der Waals surface area contributed by atoms with Crippen LogP contribution in [0.15, 0.2) is 22.9 Å². The molecular formula is C7H6Br3NO. The van der Waals surface area contributed by atoms with Crippen LogP contribution in [-0.4, -0.2) is 16.1 Å². The highest BCUT2D eigenvalue weighted by molar-refractivity contribution is 9.10. The summed E-state index contributed by atoms with van der Waals surface area (Å²) in [6, 6.07) is 3.48. The number of aromatic nitrogens is 1. The molecule has 0 aliphatic rings. The molecule has 12 heavy (non-hydrogen) atoms. The van der Waals surface area contributed by atoms with Crippen LogP contribution in [0.25, 0.3) is 0 Å². The molecule has 5 heteroatoms. The lowest BCUT2D eigenvalue weighted by Gasteiger charge is -1.94. The smallest absolute Gasteiger partial charge is 0.174 e. The molecule has 0 aromatic carbocycles. The quantitative estimate of drug-likeness (QED) is 0.461. The molecule has 2 nitrogen and oxygen atoms in total. The van der Waals surface area contributed by atoms with Gasteiger partial charge in [-0.15, -0.1) is 17.0 Å². The monoisotopic (exact) mass is 357 g/mol. The van der Waals surface area contributed by atoms with Crippen molar-refractivity contribution in [3.05, 3.63) is 28.5 Å². The Morgan fingerprint density at radius 3 is 2.58 bits per heavy atom. The third-order valence-corrected chi connectivity index (χ3v) is 2.15. The predicted octanol–water partition coefficient (Wildman–Crippen LogP) is 3.00. The zero-order valence-corrected chi connectivity index (χ0v) is 10.8. The van der Waals surface area contributed by atoms with E-state index in [4.69, 9.17) is 0 Å². The second kappa shape index (κ2) is 5.83. The first-order valence-electron chi connectivity index (χ1n) is 2.95. The predicted molar refractivity (Wildman–Crippen MR) is 60.4 cm³/mol. The van der Waals surface area contributed by atoms with Crippen LogP contribution in [0.2, 0.25) is 0 Å². The molecule has 1 heterocycles. The second-order valence-electron chi connectivity index (χ2n) is 1.93. The summed E-state index contributed by atoms with van der Waals surface area (Å²) in [4.78, 5) is 14.9. The number of rotatable bonds is 2. The first-order chi connectivity index (χ1) is 5.24. The van der Waals surface area contributed by atoms with Crippen LogP contribution in [-0.2, 0) is 0 Å². The first-order valence-corrected chi connectivity index (χ1v) is 4.86. The van der Waals surface area contributed by atoms with Crippen LogP contribution in [0, 0.1) is 0 Å². The Hall–Kier alpha value is 0.260. The third kappa shape index (κ3) is 3.33. The molecule has 0 saturated carbocycles. The van der Waals surface area contributed by atoms with Gasteiger partial charge in [-0.25, -0.2) is 4.98 Å². The van der Waals surface area contributed by atoms with Crippen molar-refractivity contribution in [2.75, 3.05) is 5.33 Å². The maximum atomic E-state index is 11.0. The number of carbonyl (C=O) groups is 1. The van der Waals surface area contributed by atoms with E-state index in [0.717, 1.165) is 4.60 Å². The highest BCUT2D eigenvalue weighted by Gasteiger charge is 2.02. The molecule has 0 aliphatic heterocycles. The second-order valence-corrected chi connectivity index (χ2v) is 3.30. The van der Waals surface area contributed by atoms with E-state index in [2.05, 4.69) is 36.8 Å². The Morgan fingerprint density at radius 1 is 1.50 bits per heavy atom. The number of pyridine rings is 1. The SMILES string of the molecule is Br.O=C(CBr)c1ccc(Br)nc1. The van der Waals surface area contributed by atoms with E-state index in [9.17, 15) is 4.79 Å². The average molecular weight is 360 g/mol. The minimum absolute atomic E-state index is 0. The molecular weight excluding hydrogens is 354 g/mol. The van der Waals surface area contributed by atoms with Gasteiger partial charge in [-0.2, -0.15) is 0 Å². The number of hydrogen-bond donors (Lipinski definition) is 0. The van der Waals surface area contributed by atoms with Gasteiger partial charge in [0.25, 0.3) is 0 Å². The van der Waals surface area contributed by atoms with Gasteiger partial charge in [0.1, 0.15) is 4.60 Å². The van der Waals surface area contributed by atoms with Crippen molar-refractivity contribution in [1.82, 2.24) is 4.98 Å². The molecule has 0 N–H and O–H groups in total. The van der Waals surface area contributed by atoms with E-state index in [1.165, 1.54) is 0 Å². The zero-order valence-electron chi connectivity index (χ0n) is 5.96. The van der Waals surface area contributed by atoms with Gasteiger partial charge in [0.2, 0.25) is 0 Å². The van der Waals surface area contributed by atoms with Crippen molar-refractivity contribution >= 4 is 54.6 Å². The largest absolute Gasteiger partial charge is 0.293 e. The lowest BCUT2D eigenvalue weighted by atomic mass is 10.2. The number of halogens is 3. The van der Waals surface area contributed by atoms with Gasteiger partial charge in [-0.05, 0) is 28.1 Å². The lowest BCUT2D eigenvalue weighted by molar-refractivity contribution is 0.102. The summed E-state index contributed by atoms with van der Waals surface area (Å²) >= 11 is 6.26. The van der Waals surface area contributed by atoms with Crippen molar-refractivity contribution in [3.63, 3.8) is 0 Å². The van der Waals surface area contributed by atoms with Crippen molar-refractivity contribution in [1.29, 1.82) is 0 Å². The molecule has 0 radical (unpaired) electrons. The number of hydrogen-bond acceptors (Lipinski definition) is 2. The molecule has 0 spiro atoms. The summed E-state index contributed by atoms with van der Waals surface area (Å²) in [5, 5.41) is 0.344. The van der Waals surface area contributed by atoms with Gasteiger partial charge in [0, 0.05) is 11.8 Å².